The second-order valence-corrected chi connectivity index (χ2v) is 2.02. The summed E-state index contributed by atoms with van der Waals surface area (Å²) in [5, 5.41) is 0. The third-order valence-corrected chi connectivity index (χ3v) is 0.714. The van der Waals surface area contributed by atoms with E-state index in [0.29, 0.717) is 0 Å². The molecule has 0 heterocycles. The summed E-state index contributed by atoms with van der Waals surface area (Å²) in [6, 6.07) is 0. The molecule has 2 N–H and O–H groups in total. The van der Waals surface area contributed by atoms with Crippen molar-refractivity contribution in [1.82, 2.24) is 0 Å². The molecule has 0 rings (SSSR count). The Balaban J connectivity index is -0.000000125. The molecule has 8 heavy (non-hydrogen) atoms. The molecule has 0 radical (unpaired) electrons. The van der Waals surface area contributed by atoms with Crippen LogP contribution in [0.2, 0.25) is 0 Å². The van der Waals surface area contributed by atoms with Crippen molar-refractivity contribution in [3.63, 3.8) is 0 Å². The molecule has 0 saturated carbocycles. The molecule has 0 bridgehead atoms. The molecule has 4 nitrogen and oxygen atoms in total. The van der Waals surface area contributed by atoms with E-state index in [1.54, 1.807) is 0 Å². The van der Waals surface area contributed by atoms with Gasteiger partial charge in [-0.2, -0.15) is 0 Å². The third kappa shape index (κ3) is 15.7. The topological polar surface area (TPSA) is 66.8 Å². The second kappa shape index (κ2) is 6.35. The Morgan fingerprint density at radius 1 is 1.50 bits per heavy atom. The molecule has 0 atom stereocenters. The summed E-state index contributed by atoms with van der Waals surface area (Å²) < 4.78 is 13.1. The SMILES string of the molecule is COP(=O)(O)O.[Fe].[LiH]. The van der Waals surface area contributed by atoms with Crippen LogP contribution in [-0.4, -0.2) is 35.8 Å². The maximum atomic E-state index is 9.47. The second-order valence-electron chi connectivity index (χ2n) is 0.673. The quantitative estimate of drug-likeness (QED) is 0.400. The van der Waals surface area contributed by atoms with Crippen molar-refractivity contribution in [3.05, 3.63) is 0 Å². The van der Waals surface area contributed by atoms with Crippen molar-refractivity contribution >= 4 is 26.7 Å². The molecule has 7 heteroatoms. The average Bonchev–Trinajstić information content (AvgIpc) is 1.35. The van der Waals surface area contributed by atoms with Crippen molar-refractivity contribution in [3.8, 4) is 0 Å². The van der Waals surface area contributed by atoms with Crippen molar-refractivity contribution < 1.29 is 35.9 Å². The third-order valence-electron chi connectivity index (χ3n) is 0.238. The maximum absolute atomic E-state index is 9.47. The monoisotopic (exact) mass is 176 g/mol. The van der Waals surface area contributed by atoms with Gasteiger partial charge in [0.2, 0.25) is 0 Å². The Labute approximate surface area is 69.9 Å². The van der Waals surface area contributed by atoms with Gasteiger partial charge in [0.25, 0.3) is 0 Å². The normalized spacial score (nSPS) is 8.88. The van der Waals surface area contributed by atoms with Gasteiger partial charge in [-0.1, -0.05) is 0 Å². The van der Waals surface area contributed by atoms with Crippen molar-refractivity contribution in [2.75, 3.05) is 7.11 Å². The van der Waals surface area contributed by atoms with Gasteiger partial charge in [-0.3, -0.25) is 4.52 Å². The Morgan fingerprint density at radius 3 is 1.62 bits per heavy atom. The molecular formula is CH6FeLiO4P. The van der Waals surface area contributed by atoms with Crippen LogP contribution in [-0.2, 0) is 26.2 Å². The van der Waals surface area contributed by atoms with Gasteiger partial charge in [-0.15, -0.1) is 0 Å². The predicted octanol–water partition coefficient (Wildman–Crippen LogP) is -0.926. The first-order chi connectivity index (χ1) is 2.56. The van der Waals surface area contributed by atoms with Crippen LogP contribution in [0.4, 0.5) is 0 Å². The molecule has 0 unspecified atom stereocenters. The van der Waals surface area contributed by atoms with Gasteiger partial charge >= 0.3 is 26.7 Å². The first kappa shape index (κ1) is 16.1. The first-order valence-electron chi connectivity index (χ1n) is 1.17. The molecule has 0 aliphatic rings. The molecular weight excluding hydrogens is 170 g/mol. The molecule has 0 amide bonds. The van der Waals surface area contributed by atoms with Gasteiger partial charge in [0.15, 0.2) is 0 Å². The van der Waals surface area contributed by atoms with E-state index in [1.807, 2.05) is 0 Å². The summed E-state index contributed by atoms with van der Waals surface area (Å²) in [6.45, 7) is 0. The summed E-state index contributed by atoms with van der Waals surface area (Å²) in [4.78, 5) is 15.4. The van der Waals surface area contributed by atoms with Crippen LogP contribution in [0.15, 0.2) is 0 Å². The van der Waals surface area contributed by atoms with E-state index in [1.165, 1.54) is 0 Å². The standard InChI is InChI=1S/CH5O4P.Fe.Li.H/c1-5-6(2,3)4;;;/h1H3,(H2,2,3,4);;;. The van der Waals surface area contributed by atoms with E-state index in [2.05, 4.69) is 4.52 Å². The zero-order valence-corrected chi connectivity index (χ0v) is 5.51. The minimum absolute atomic E-state index is 0. The molecule has 48 valence electrons. The van der Waals surface area contributed by atoms with Crippen LogP contribution in [0.3, 0.4) is 0 Å². The fourth-order valence-electron chi connectivity index (χ4n) is 0. The Bertz CT molecular complexity index is 80.1. The van der Waals surface area contributed by atoms with Crippen LogP contribution >= 0.6 is 7.82 Å². The van der Waals surface area contributed by atoms with Crippen molar-refractivity contribution in [1.29, 1.82) is 0 Å². The molecule has 0 aliphatic heterocycles. The van der Waals surface area contributed by atoms with Gasteiger partial charge in [0, 0.05) is 24.2 Å². The van der Waals surface area contributed by atoms with Crippen LogP contribution in [0, 0.1) is 0 Å². The number of phosphoric ester groups is 1. The molecule has 0 aromatic carbocycles. The fourth-order valence-corrected chi connectivity index (χ4v) is 0. The van der Waals surface area contributed by atoms with Crippen molar-refractivity contribution in [2.24, 2.45) is 0 Å². The molecule has 0 saturated heterocycles. The van der Waals surface area contributed by atoms with Crippen LogP contribution in [0.5, 0.6) is 0 Å². The first-order valence-corrected chi connectivity index (χ1v) is 2.70. The molecule has 0 spiro atoms. The Kier molecular flexibility index (Phi) is 12.8. The van der Waals surface area contributed by atoms with Gasteiger partial charge in [-0.05, 0) is 0 Å². The number of hydrogen-bond acceptors (Lipinski definition) is 2. The fraction of sp³-hybridized carbons (Fsp3) is 1.00. The predicted molar refractivity (Wildman–Crippen MR) is 26.2 cm³/mol. The number of hydrogen-bond donors (Lipinski definition) is 2. The van der Waals surface area contributed by atoms with E-state index in [-0.39, 0.29) is 35.9 Å². The molecule has 0 fully saturated rings. The summed E-state index contributed by atoms with van der Waals surface area (Å²) in [7, 11) is -3.20. The summed E-state index contributed by atoms with van der Waals surface area (Å²) in [5.74, 6) is 0. The molecule has 0 aromatic heterocycles. The zero-order chi connectivity index (χ0) is 5.21. The van der Waals surface area contributed by atoms with E-state index in [4.69, 9.17) is 9.79 Å². The Hall–Kier alpha value is 1.23. The van der Waals surface area contributed by atoms with Gasteiger partial charge in [0.05, 0.1) is 0 Å². The molecule has 0 aromatic rings. The molecule has 0 aliphatic carbocycles. The summed E-state index contributed by atoms with van der Waals surface area (Å²) in [6.07, 6.45) is 0. The van der Waals surface area contributed by atoms with Crippen LogP contribution < -0.4 is 0 Å². The summed E-state index contributed by atoms with van der Waals surface area (Å²) in [5.41, 5.74) is 0. The van der Waals surface area contributed by atoms with Crippen LogP contribution in [0.1, 0.15) is 0 Å². The zero-order valence-electron chi connectivity index (χ0n) is 3.51. The van der Waals surface area contributed by atoms with Gasteiger partial charge < -0.3 is 9.79 Å². The van der Waals surface area contributed by atoms with E-state index >= 15 is 0 Å². The average molecular weight is 176 g/mol. The van der Waals surface area contributed by atoms with Crippen LogP contribution in [0.25, 0.3) is 0 Å². The van der Waals surface area contributed by atoms with E-state index in [0.717, 1.165) is 7.11 Å². The van der Waals surface area contributed by atoms with E-state index in [9.17, 15) is 4.57 Å². The van der Waals surface area contributed by atoms with E-state index < -0.39 is 7.82 Å². The van der Waals surface area contributed by atoms with Gasteiger partial charge in [0.1, 0.15) is 0 Å². The van der Waals surface area contributed by atoms with Crippen molar-refractivity contribution in [2.45, 2.75) is 0 Å². The summed E-state index contributed by atoms with van der Waals surface area (Å²) >= 11 is 0. The minimum atomic E-state index is -4.15. The van der Waals surface area contributed by atoms with Gasteiger partial charge in [-0.25, -0.2) is 4.57 Å². The Morgan fingerprint density at radius 2 is 1.62 bits per heavy atom. The number of phosphoric acid groups is 1. The number of rotatable bonds is 1.